The van der Waals surface area contributed by atoms with Gasteiger partial charge in [-0.3, -0.25) is 4.79 Å². The highest BCUT2D eigenvalue weighted by atomic mass is 16.4. The van der Waals surface area contributed by atoms with Crippen molar-refractivity contribution < 1.29 is 14.7 Å². The minimum atomic E-state index is -1.14. The van der Waals surface area contributed by atoms with Crippen LogP contribution in [0.5, 0.6) is 0 Å². The van der Waals surface area contributed by atoms with E-state index in [0.29, 0.717) is 31.7 Å². The smallest absolute Gasteiger partial charge is 0.329 e. The van der Waals surface area contributed by atoms with Crippen molar-refractivity contribution in [2.45, 2.75) is 58.9 Å². The lowest BCUT2D eigenvalue weighted by Gasteiger charge is -2.29. The second kappa shape index (κ2) is 8.15. The summed E-state index contributed by atoms with van der Waals surface area (Å²) in [4.78, 5) is 23.3. The first-order valence-electron chi connectivity index (χ1n) is 7.05. The topological polar surface area (TPSA) is 92.4 Å². The van der Waals surface area contributed by atoms with E-state index in [9.17, 15) is 14.7 Å². The molecule has 0 aliphatic rings. The summed E-state index contributed by atoms with van der Waals surface area (Å²) in [5.41, 5.74) is 4.52. The minimum absolute atomic E-state index is 0.111. The molecule has 0 aromatic heterocycles. The van der Waals surface area contributed by atoms with Gasteiger partial charge in [0, 0.05) is 6.42 Å². The van der Waals surface area contributed by atoms with Crippen molar-refractivity contribution in [1.82, 2.24) is 5.32 Å². The lowest BCUT2D eigenvalue weighted by Crippen LogP contribution is -2.54. The molecule has 0 aromatic carbocycles. The second-order valence-corrected chi connectivity index (χ2v) is 5.58. The molecule has 5 nitrogen and oxygen atoms in total. The zero-order valence-electron chi connectivity index (χ0n) is 12.5. The number of aliphatic carboxylic acids is 1. The molecule has 1 amide bonds. The first-order chi connectivity index (χ1) is 8.81. The molecule has 0 saturated heterocycles. The van der Waals surface area contributed by atoms with Crippen molar-refractivity contribution in [3.05, 3.63) is 0 Å². The predicted molar refractivity (Wildman–Crippen MR) is 75.7 cm³/mol. The molecule has 0 rings (SSSR count). The molecule has 0 bridgehead atoms. The fourth-order valence-corrected chi connectivity index (χ4v) is 2.29. The van der Waals surface area contributed by atoms with Crippen LogP contribution < -0.4 is 11.1 Å². The van der Waals surface area contributed by atoms with Gasteiger partial charge in [-0.1, -0.05) is 27.7 Å². The van der Waals surface area contributed by atoms with Crippen LogP contribution in [0.1, 0.15) is 53.4 Å². The number of carbonyl (C=O) groups excluding carboxylic acids is 1. The van der Waals surface area contributed by atoms with Crippen molar-refractivity contribution >= 4 is 11.9 Å². The summed E-state index contributed by atoms with van der Waals surface area (Å²) in [6, 6.07) is 0. The minimum Gasteiger partial charge on any atom is -0.480 e. The van der Waals surface area contributed by atoms with E-state index >= 15 is 0 Å². The van der Waals surface area contributed by atoms with E-state index in [4.69, 9.17) is 5.73 Å². The van der Waals surface area contributed by atoms with Crippen molar-refractivity contribution in [2.75, 3.05) is 6.54 Å². The average molecular weight is 272 g/mol. The zero-order chi connectivity index (χ0) is 15.1. The molecule has 0 saturated carbocycles. The van der Waals surface area contributed by atoms with Crippen molar-refractivity contribution in [3.8, 4) is 0 Å². The largest absolute Gasteiger partial charge is 0.480 e. The van der Waals surface area contributed by atoms with Crippen LogP contribution in [0.4, 0.5) is 0 Å². The number of carboxylic acid groups (broad SMARTS) is 1. The van der Waals surface area contributed by atoms with Gasteiger partial charge in [0.1, 0.15) is 5.54 Å². The standard InChI is InChI=1S/C14H28N2O3/c1-5-14(6-2,13(18)19)16-12(17)8-11(9-15)7-10(3)4/h10-11H,5-9,15H2,1-4H3,(H,16,17)(H,18,19). The first-order valence-corrected chi connectivity index (χ1v) is 7.05. The van der Waals surface area contributed by atoms with Gasteiger partial charge in [-0.25, -0.2) is 4.79 Å². The number of nitrogens with one attached hydrogen (secondary N) is 1. The Morgan fingerprint density at radius 1 is 1.26 bits per heavy atom. The molecule has 0 spiro atoms. The number of nitrogens with two attached hydrogens (primary N) is 1. The van der Waals surface area contributed by atoms with Crippen LogP contribution in [0.15, 0.2) is 0 Å². The van der Waals surface area contributed by atoms with Gasteiger partial charge in [-0.15, -0.1) is 0 Å². The average Bonchev–Trinajstić information content (AvgIpc) is 2.34. The second-order valence-electron chi connectivity index (χ2n) is 5.58. The fraction of sp³-hybridized carbons (Fsp3) is 0.857. The maximum absolute atomic E-state index is 12.0. The summed E-state index contributed by atoms with van der Waals surface area (Å²) in [5, 5.41) is 11.9. The highest BCUT2D eigenvalue weighted by molar-refractivity contribution is 5.87. The fourth-order valence-electron chi connectivity index (χ4n) is 2.29. The number of hydrogen-bond donors (Lipinski definition) is 3. The van der Waals surface area contributed by atoms with E-state index in [1.165, 1.54) is 0 Å². The summed E-state index contributed by atoms with van der Waals surface area (Å²) in [6.07, 6.45) is 1.93. The third kappa shape index (κ3) is 5.59. The molecular formula is C14H28N2O3. The van der Waals surface area contributed by atoms with Crippen LogP contribution in [-0.4, -0.2) is 29.1 Å². The maximum Gasteiger partial charge on any atom is 0.329 e. The first kappa shape index (κ1) is 17.9. The van der Waals surface area contributed by atoms with Crippen molar-refractivity contribution in [2.24, 2.45) is 17.6 Å². The molecular weight excluding hydrogens is 244 g/mol. The molecule has 4 N–H and O–H groups in total. The monoisotopic (exact) mass is 272 g/mol. The third-order valence-corrected chi connectivity index (χ3v) is 3.61. The van der Waals surface area contributed by atoms with E-state index in [1.807, 2.05) is 0 Å². The van der Waals surface area contributed by atoms with Crippen LogP contribution >= 0.6 is 0 Å². The van der Waals surface area contributed by atoms with Gasteiger partial charge in [0.05, 0.1) is 0 Å². The molecule has 1 unspecified atom stereocenters. The summed E-state index contributed by atoms with van der Waals surface area (Å²) in [7, 11) is 0. The number of carboxylic acids is 1. The Kier molecular flexibility index (Phi) is 7.68. The molecule has 0 heterocycles. The molecule has 0 aromatic rings. The van der Waals surface area contributed by atoms with Gasteiger partial charge in [0.25, 0.3) is 0 Å². The Balaban J connectivity index is 4.61. The lowest BCUT2D eigenvalue weighted by atomic mass is 9.90. The zero-order valence-corrected chi connectivity index (χ0v) is 12.5. The Labute approximate surface area is 115 Å². The van der Waals surface area contributed by atoms with Gasteiger partial charge in [-0.2, -0.15) is 0 Å². The van der Waals surface area contributed by atoms with E-state index in [1.54, 1.807) is 13.8 Å². The Morgan fingerprint density at radius 2 is 1.79 bits per heavy atom. The lowest BCUT2D eigenvalue weighted by molar-refractivity contribution is -0.148. The quantitative estimate of drug-likeness (QED) is 0.596. The summed E-state index contributed by atoms with van der Waals surface area (Å²) in [5.74, 6) is -0.607. The number of amides is 1. The summed E-state index contributed by atoms with van der Waals surface area (Å²) < 4.78 is 0. The summed E-state index contributed by atoms with van der Waals surface area (Å²) >= 11 is 0. The van der Waals surface area contributed by atoms with Crippen LogP contribution in [-0.2, 0) is 9.59 Å². The molecule has 19 heavy (non-hydrogen) atoms. The molecule has 112 valence electrons. The van der Waals surface area contributed by atoms with Crippen molar-refractivity contribution in [1.29, 1.82) is 0 Å². The molecule has 0 aliphatic heterocycles. The Morgan fingerprint density at radius 3 is 2.11 bits per heavy atom. The van der Waals surface area contributed by atoms with Crippen LogP contribution in [0.25, 0.3) is 0 Å². The number of hydrogen-bond acceptors (Lipinski definition) is 3. The Bertz CT molecular complexity index is 299. The van der Waals surface area contributed by atoms with Gasteiger partial charge in [0.15, 0.2) is 0 Å². The molecule has 0 aliphatic carbocycles. The van der Waals surface area contributed by atoms with Gasteiger partial charge in [0.2, 0.25) is 5.91 Å². The van der Waals surface area contributed by atoms with Gasteiger partial charge < -0.3 is 16.2 Å². The number of carbonyl (C=O) groups is 2. The van der Waals surface area contributed by atoms with E-state index < -0.39 is 11.5 Å². The van der Waals surface area contributed by atoms with Gasteiger partial charge >= 0.3 is 5.97 Å². The van der Waals surface area contributed by atoms with E-state index in [0.717, 1.165) is 6.42 Å². The van der Waals surface area contributed by atoms with E-state index in [2.05, 4.69) is 19.2 Å². The van der Waals surface area contributed by atoms with Crippen LogP contribution in [0, 0.1) is 11.8 Å². The predicted octanol–water partition coefficient (Wildman–Crippen LogP) is 1.76. The van der Waals surface area contributed by atoms with Crippen molar-refractivity contribution in [3.63, 3.8) is 0 Å². The molecule has 0 fully saturated rings. The highest BCUT2D eigenvalue weighted by Gasteiger charge is 2.36. The van der Waals surface area contributed by atoms with Gasteiger partial charge in [-0.05, 0) is 37.6 Å². The number of rotatable bonds is 9. The molecule has 1 atom stereocenters. The van der Waals surface area contributed by atoms with Crippen LogP contribution in [0.2, 0.25) is 0 Å². The molecule has 0 radical (unpaired) electrons. The maximum atomic E-state index is 12.0. The van der Waals surface area contributed by atoms with E-state index in [-0.39, 0.29) is 11.8 Å². The third-order valence-electron chi connectivity index (χ3n) is 3.61. The highest BCUT2D eigenvalue weighted by Crippen LogP contribution is 2.18. The summed E-state index contributed by atoms with van der Waals surface area (Å²) in [6.45, 7) is 8.16. The Hall–Kier alpha value is -1.10. The van der Waals surface area contributed by atoms with Crippen LogP contribution in [0.3, 0.4) is 0 Å². The molecule has 5 heteroatoms. The normalized spacial score (nSPS) is 13.4. The SMILES string of the molecule is CCC(CC)(NC(=O)CC(CN)CC(C)C)C(=O)O.